The smallest absolute Gasteiger partial charge is 0.191 e. The molecule has 23 heavy (non-hydrogen) atoms. The molecule has 0 amide bonds. The first-order valence-corrected chi connectivity index (χ1v) is 8.06. The molecule has 1 heterocycles. The number of hydrogen-bond acceptors (Lipinski definition) is 3. The van der Waals surface area contributed by atoms with Gasteiger partial charge in [0, 0.05) is 33.4 Å². The van der Waals surface area contributed by atoms with Crippen molar-refractivity contribution < 1.29 is 9.47 Å². The maximum atomic E-state index is 5.64. The molecule has 1 aromatic carbocycles. The van der Waals surface area contributed by atoms with Gasteiger partial charge >= 0.3 is 0 Å². The van der Waals surface area contributed by atoms with Crippen molar-refractivity contribution >= 4 is 29.9 Å². The van der Waals surface area contributed by atoms with Gasteiger partial charge in [0.15, 0.2) is 5.96 Å². The van der Waals surface area contributed by atoms with Crippen LogP contribution in [0, 0.1) is 0 Å². The van der Waals surface area contributed by atoms with Crippen LogP contribution in [0.5, 0.6) is 0 Å². The molecule has 6 heteroatoms. The Morgan fingerprint density at radius 2 is 2.13 bits per heavy atom. The third kappa shape index (κ3) is 8.53. The first-order valence-electron chi connectivity index (χ1n) is 8.06. The predicted octanol–water partition coefficient (Wildman–Crippen LogP) is 2.56. The number of benzene rings is 1. The molecule has 0 aliphatic carbocycles. The molecule has 2 N–H and O–H groups in total. The monoisotopic (exact) mass is 433 g/mol. The van der Waals surface area contributed by atoms with Gasteiger partial charge in [-0.15, -0.1) is 24.0 Å². The fourth-order valence-corrected chi connectivity index (χ4v) is 2.37. The third-order valence-corrected chi connectivity index (χ3v) is 3.61. The van der Waals surface area contributed by atoms with Gasteiger partial charge in [-0.1, -0.05) is 30.3 Å². The maximum absolute atomic E-state index is 5.64. The predicted molar refractivity (Wildman–Crippen MR) is 104 cm³/mol. The number of rotatable bonds is 8. The lowest BCUT2D eigenvalue weighted by molar-refractivity contribution is 0.0168. The maximum Gasteiger partial charge on any atom is 0.191 e. The number of halogens is 1. The van der Waals surface area contributed by atoms with E-state index < -0.39 is 0 Å². The summed E-state index contributed by atoms with van der Waals surface area (Å²) in [6, 6.07) is 10.3. The van der Waals surface area contributed by atoms with E-state index in [2.05, 4.69) is 27.8 Å². The van der Waals surface area contributed by atoms with Crippen molar-refractivity contribution in [1.82, 2.24) is 10.6 Å². The summed E-state index contributed by atoms with van der Waals surface area (Å²) in [5, 5.41) is 6.60. The van der Waals surface area contributed by atoms with E-state index in [-0.39, 0.29) is 24.0 Å². The summed E-state index contributed by atoms with van der Waals surface area (Å²) in [7, 11) is 1.79. The molecule has 1 aliphatic rings. The molecule has 0 saturated carbocycles. The molecule has 1 fully saturated rings. The molecule has 1 aromatic rings. The zero-order valence-electron chi connectivity index (χ0n) is 13.8. The Hall–Kier alpha value is -0.860. The first kappa shape index (κ1) is 20.2. The Morgan fingerprint density at radius 3 is 2.83 bits per heavy atom. The summed E-state index contributed by atoms with van der Waals surface area (Å²) >= 11 is 0. The fraction of sp³-hybridized carbons (Fsp3) is 0.588. The molecule has 130 valence electrons. The lowest BCUT2D eigenvalue weighted by Crippen LogP contribution is -2.37. The van der Waals surface area contributed by atoms with Crippen molar-refractivity contribution in [3.05, 3.63) is 35.9 Å². The Labute approximate surface area is 156 Å². The molecular weight excluding hydrogens is 405 g/mol. The van der Waals surface area contributed by atoms with Crippen LogP contribution in [0.4, 0.5) is 0 Å². The molecule has 1 aliphatic heterocycles. The lowest BCUT2D eigenvalue weighted by atomic mass is 10.2. The standard InChI is InChI=1S/C17H27N3O2.HI/c1-18-17(20-13-15-7-3-2-4-8-15)19-10-6-11-21-14-16-9-5-12-22-16;/h2-4,7-8,16H,5-6,9-14H2,1H3,(H2,18,19,20);1H. The van der Waals surface area contributed by atoms with Gasteiger partial charge in [-0.25, -0.2) is 0 Å². The highest BCUT2D eigenvalue weighted by atomic mass is 127. The van der Waals surface area contributed by atoms with Crippen LogP contribution in [0.3, 0.4) is 0 Å². The number of hydrogen-bond donors (Lipinski definition) is 2. The summed E-state index contributed by atoms with van der Waals surface area (Å²) in [5.41, 5.74) is 1.24. The fourth-order valence-electron chi connectivity index (χ4n) is 2.37. The average molecular weight is 433 g/mol. The van der Waals surface area contributed by atoms with E-state index in [0.29, 0.717) is 6.10 Å². The molecule has 0 spiro atoms. The van der Waals surface area contributed by atoms with Gasteiger partial charge < -0.3 is 20.1 Å². The number of nitrogens with one attached hydrogen (secondary N) is 2. The third-order valence-electron chi connectivity index (χ3n) is 3.61. The van der Waals surface area contributed by atoms with Gasteiger partial charge in [0.25, 0.3) is 0 Å². The summed E-state index contributed by atoms with van der Waals surface area (Å²) in [6.45, 7) is 3.98. The van der Waals surface area contributed by atoms with Crippen LogP contribution in [0.25, 0.3) is 0 Å². The van der Waals surface area contributed by atoms with E-state index in [4.69, 9.17) is 9.47 Å². The molecule has 0 bridgehead atoms. The normalized spacial score (nSPS) is 17.6. The van der Waals surface area contributed by atoms with Crippen molar-refractivity contribution in [1.29, 1.82) is 0 Å². The number of nitrogens with zero attached hydrogens (tertiary/aromatic N) is 1. The average Bonchev–Trinajstić information content (AvgIpc) is 3.08. The first-order chi connectivity index (χ1) is 10.9. The van der Waals surface area contributed by atoms with Crippen molar-refractivity contribution in [3.8, 4) is 0 Å². The van der Waals surface area contributed by atoms with Crippen molar-refractivity contribution in [2.45, 2.75) is 31.9 Å². The highest BCUT2D eigenvalue weighted by Gasteiger charge is 2.14. The van der Waals surface area contributed by atoms with E-state index in [9.17, 15) is 0 Å². The SMILES string of the molecule is CN=C(NCCCOCC1CCCO1)NCc1ccccc1.I. The minimum atomic E-state index is 0. The molecule has 1 unspecified atom stereocenters. The number of ether oxygens (including phenoxy) is 2. The van der Waals surface area contributed by atoms with Crippen LogP contribution in [0.2, 0.25) is 0 Å². The van der Waals surface area contributed by atoms with Crippen LogP contribution >= 0.6 is 24.0 Å². The molecule has 0 aromatic heterocycles. The van der Waals surface area contributed by atoms with Crippen LogP contribution in [0.1, 0.15) is 24.8 Å². The van der Waals surface area contributed by atoms with Crippen LogP contribution in [-0.2, 0) is 16.0 Å². The minimum Gasteiger partial charge on any atom is -0.379 e. The molecule has 0 radical (unpaired) electrons. The molecule has 5 nitrogen and oxygen atoms in total. The summed E-state index contributed by atoms with van der Waals surface area (Å²) < 4.78 is 11.2. The van der Waals surface area contributed by atoms with Crippen molar-refractivity contribution in [3.63, 3.8) is 0 Å². The molecule has 1 saturated heterocycles. The van der Waals surface area contributed by atoms with Gasteiger partial charge in [0.1, 0.15) is 0 Å². The second-order valence-electron chi connectivity index (χ2n) is 5.40. The summed E-state index contributed by atoms with van der Waals surface area (Å²) in [4.78, 5) is 4.22. The Morgan fingerprint density at radius 1 is 1.30 bits per heavy atom. The highest BCUT2D eigenvalue weighted by Crippen LogP contribution is 2.11. The lowest BCUT2D eigenvalue weighted by Gasteiger charge is -2.13. The van der Waals surface area contributed by atoms with Gasteiger partial charge in [-0.05, 0) is 24.8 Å². The van der Waals surface area contributed by atoms with Crippen molar-refractivity contribution in [2.24, 2.45) is 4.99 Å². The quantitative estimate of drug-likeness (QED) is 0.287. The highest BCUT2D eigenvalue weighted by molar-refractivity contribution is 14.0. The second-order valence-corrected chi connectivity index (χ2v) is 5.40. The van der Waals surface area contributed by atoms with E-state index in [1.54, 1.807) is 7.05 Å². The van der Waals surface area contributed by atoms with E-state index in [0.717, 1.165) is 51.7 Å². The minimum absolute atomic E-state index is 0. The topological polar surface area (TPSA) is 54.9 Å². The Kier molecular flexibility index (Phi) is 11.0. The summed E-state index contributed by atoms with van der Waals surface area (Å²) in [5.74, 6) is 0.822. The summed E-state index contributed by atoms with van der Waals surface area (Å²) in [6.07, 6.45) is 3.57. The van der Waals surface area contributed by atoms with Gasteiger partial charge in [0.2, 0.25) is 0 Å². The molecule has 1 atom stereocenters. The zero-order valence-corrected chi connectivity index (χ0v) is 16.1. The number of aliphatic imine (C=N–C) groups is 1. The molecule has 2 rings (SSSR count). The van der Waals surface area contributed by atoms with E-state index in [1.807, 2.05) is 18.2 Å². The van der Waals surface area contributed by atoms with Gasteiger partial charge in [0.05, 0.1) is 12.7 Å². The van der Waals surface area contributed by atoms with E-state index in [1.165, 1.54) is 12.0 Å². The van der Waals surface area contributed by atoms with Gasteiger partial charge in [-0.2, -0.15) is 0 Å². The number of guanidine groups is 1. The largest absolute Gasteiger partial charge is 0.379 e. The Bertz CT molecular complexity index is 437. The molecular formula is C17H28IN3O2. The van der Waals surface area contributed by atoms with Crippen LogP contribution in [0.15, 0.2) is 35.3 Å². The van der Waals surface area contributed by atoms with Crippen LogP contribution in [-0.4, -0.2) is 45.5 Å². The second kappa shape index (κ2) is 12.5. The van der Waals surface area contributed by atoms with Crippen molar-refractivity contribution in [2.75, 3.05) is 33.4 Å². The van der Waals surface area contributed by atoms with Crippen LogP contribution < -0.4 is 10.6 Å². The van der Waals surface area contributed by atoms with E-state index >= 15 is 0 Å². The van der Waals surface area contributed by atoms with Gasteiger partial charge in [-0.3, -0.25) is 4.99 Å². The Balaban J connectivity index is 0.00000264. The zero-order chi connectivity index (χ0) is 15.5.